The summed E-state index contributed by atoms with van der Waals surface area (Å²) in [6.07, 6.45) is 0. The third-order valence-electron chi connectivity index (χ3n) is 2.50. The number of carbonyl (C=O) groups excluding carboxylic acids is 1. The summed E-state index contributed by atoms with van der Waals surface area (Å²) >= 11 is 5.38. The minimum atomic E-state index is -0.510. The Balaban J connectivity index is 2.02. The molecule has 0 aromatic carbocycles. The van der Waals surface area contributed by atoms with Crippen LogP contribution in [0.2, 0.25) is 0 Å². The third kappa shape index (κ3) is 3.01. The van der Waals surface area contributed by atoms with Gasteiger partial charge in [0.25, 0.3) is 5.24 Å². The standard InChI is InChI=1S/C11H13ClN2O2/c12-11(15)10-3-1-2-9(13-10)8-14-4-6-16-7-5-14/h1-3H,4-8H2. The van der Waals surface area contributed by atoms with Crippen LogP contribution in [-0.2, 0) is 11.3 Å². The molecule has 1 fully saturated rings. The van der Waals surface area contributed by atoms with Crippen molar-refractivity contribution in [2.45, 2.75) is 6.54 Å². The van der Waals surface area contributed by atoms with Crippen molar-refractivity contribution < 1.29 is 9.53 Å². The first kappa shape index (κ1) is 11.5. The molecule has 0 radical (unpaired) electrons. The molecule has 0 atom stereocenters. The quantitative estimate of drug-likeness (QED) is 0.747. The molecule has 4 nitrogen and oxygen atoms in total. The molecule has 0 amide bonds. The van der Waals surface area contributed by atoms with E-state index in [0.29, 0.717) is 5.69 Å². The van der Waals surface area contributed by atoms with E-state index < -0.39 is 5.24 Å². The lowest BCUT2D eigenvalue weighted by molar-refractivity contribution is 0.0336. The summed E-state index contributed by atoms with van der Waals surface area (Å²) in [5.74, 6) is 0. The topological polar surface area (TPSA) is 42.4 Å². The van der Waals surface area contributed by atoms with E-state index in [1.54, 1.807) is 12.1 Å². The van der Waals surface area contributed by atoms with Crippen molar-refractivity contribution in [3.05, 3.63) is 29.6 Å². The summed E-state index contributed by atoms with van der Waals surface area (Å²) in [6, 6.07) is 5.33. The van der Waals surface area contributed by atoms with Crippen molar-refractivity contribution in [2.75, 3.05) is 26.3 Å². The molecule has 1 aliphatic heterocycles. The fourth-order valence-electron chi connectivity index (χ4n) is 1.67. The number of aromatic nitrogens is 1. The predicted molar refractivity (Wildman–Crippen MR) is 60.5 cm³/mol. The fraction of sp³-hybridized carbons (Fsp3) is 0.455. The highest BCUT2D eigenvalue weighted by Crippen LogP contribution is 2.07. The molecule has 0 spiro atoms. The maximum atomic E-state index is 11.0. The number of halogens is 1. The van der Waals surface area contributed by atoms with Gasteiger partial charge in [-0.15, -0.1) is 0 Å². The number of rotatable bonds is 3. The van der Waals surface area contributed by atoms with Crippen LogP contribution in [-0.4, -0.2) is 41.4 Å². The molecule has 1 aliphatic rings. The monoisotopic (exact) mass is 240 g/mol. The average Bonchev–Trinajstić information content (AvgIpc) is 2.30. The van der Waals surface area contributed by atoms with E-state index in [4.69, 9.17) is 16.3 Å². The van der Waals surface area contributed by atoms with E-state index in [9.17, 15) is 4.79 Å². The number of ether oxygens (including phenoxy) is 1. The summed E-state index contributed by atoms with van der Waals surface area (Å²) in [5, 5.41) is -0.510. The lowest BCUT2D eigenvalue weighted by atomic mass is 10.3. The number of hydrogen-bond acceptors (Lipinski definition) is 4. The van der Waals surface area contributed by atoms with Gasteiger partial charge >= 0.3 is 0 Å². The van der Waals surface area contributed by atoms with E-state index in [1.807, 2.05) is 6.07 Å². The van der Waals surface area contributed by atoms with E-state index in [0.717, 1.165) is 38.5 Å². The van der Waals surface area contributed by atoms with Gasteiger partial charge in [0.05, 0.1) is 18.9 Å². The Morgan fingerprint density at radius 3 is 2.88 bits per heavy atom. The van der Waals surface area contributed by atoms with Gasteiger partial charge in [-0.1, -0.05) is 6.07 Å². The molecule has 86 valence electrons. The van der Waals surface area contributed by atoms with Crippen molar-refractivity contribution in [1.82, 2.24) is 9.88 Å². The zero-order valence-electron chi connectivity index (χ0n) is 8.86. The van der Waals surface area contributed by atoms with Gasteiger partial charge in [0.2, 0.25) is 0 Å². The molecule has 0 bridgehead atoms. The molecular weight excluding hydrogens is 228 g/mol. The first-order chi connectivity index (χ1) is 7.75. The Morgan fingerprint density at radius 1 is 1.44 bits per heavy atom. The van der Waals surface area contributed by atoms with Crippen molar-refractivity contribution in [2.24, 2.45) is 0 Å². The highest BCUT2D eigenvalue weighted by Gasteiger charge is 2.12. The Bertz CT molecular complexity index is 378. The van der Waals surface area contributed by atoms with E-state index in [2.05, 4.69) is 9.88 Å². The first-order valence-corrected chi connectivity index (χ1v) is 5.59. The summed E-state index contributed by atoms with van der Waals surface area (Å²) in [5.41, 5.74) is 1.18. The van der Waals surface area contributed by atoms with Crippen molar-refractivity contribution >= 4 is 16.8 Å². The van der Waals surface area contributed by atoms with Crippen LogP contribution in [0.15, 0.2) is 18.2 Å². The van der Waals surface area contributed by atoms with E-state index in [1.165, 1.54) is 0 Å². The maximum absolute atomic E-state index is 11.0. The number of nitrogens with zero attached hydrogens (tertiary/aromatic N) is 2. The molecule has 0 unspecified atom stereocenters. The lowest BCUT2D eigenvalue weighted by Crippen LogP contribution is -2.35. The minimum absolute atomic E-state index is 0.312. The minimum Gasteiger partial charge on any atom is -0.379 e. The van der Waals surface area contributed by atoms with Gasteiger partial charge in [0.15, 0.2) is 0 Å². The average molecular weight is 241 g/mol. The van der Waals surface area contributed by atoms with Crippen LogP contribution in [0.25, 0.3) is 0 Å². The number of hydrogen-bond donors (Lipinski definition) is 0. The van der Waals surface area contributed by atoms with Gasteiger partial charge in [0, 0.05) is 19.6 Å². The lowest BCUT2D eigenvalue weighted by Gasteiger charge is -2.26. The highest BCUT2D eigenvalue weighted by atomic mass is 35.5. The molecule has 5 heteroatoms. The second-order valence-electron chi connectivity index (χ2n) is 3.68. The molecule has 1 saturated heterocycles. The summed E-state index contributed by atoms with van der Waals surface area (Å²) in [6.45, 7) is 4.06. The van der Waals surface area contributed by atoms with Gasteiger partial charge in [-0.2, -0.15) is 0 Å². The van der Waals surface area contributed by atoms with Crippen LogP contribution in [0.5, 0.6) is 0 Å². The predicted octanol–water partition coefficient (Wildman–Crippen LogP) is 1.29. The maximum Gasteiger partial charge on any atom is 0.270 e. The fourth-order valence-corrected chi connectivity index (χ4v) is 1.77. The van der Waals surface area contributed by atoms with Crippen molar-refractivity contribution in [1.29, 1.82) is 0 Å². The summed E-state index contributed by atoms with van der Waals surface area (Å²) in [4.78, 5) is 17.4. The molecule has 0 N–H and O–H groups in total. The van der Waals surface area contributed by atoms with Gasteiger partial charge in [-0.3, -0.25) is 9.69 Å². The molecule has 16 heavy (non-hydrogen) atoms. The number of morpholine rings is 1. The summed E-state index contributed by atoms with van der Waals surface area (Å²) in [7, 11) is 0. The Hall–Kier alpha value is -0.970. The van der Waals surface area contributed by atoms with Crippen molar-refractivity contribution in [3.8, 4) is 0 Å². The normalized spacial score (nSPS) is 17.3. The van der Waals surface area contributed by atoms with Crippen LogP contribution in [0.4, 0.5) is 0 Å². The SMILES string of the molecule is O=C(Cl)c1cccc(CN2CCOCC2)n1. The Kier molecular flexibility index (Phi) is 3.88. The summed E-state index contributed by atoms with van der Waals surface area (Å²) < 4.78 is 5.26. The zero-order valence-corrected chi connectivity index (χ0v) is 9.61. The Labute approximate surface area is 99.2 Å². The second-order valence-corrected chi connectivity index (χ2v) is 4.02. The number of pyridine rings is 1. The van der Waals surface area contributed by atoms with Gasteiger partial charge in [0.1, 0.15) is 5.69 Å². The Morgan fingerprint density at radius 2 is 2.19 bits per heavy atom. The first-order valence-electron chi connectivity index (χ1n) is 5.21. The van der Waals surface area contributed by atoms with Crippen LogP contribution in [0.1, 0.15) is 16.2 Å². The van der Waals surface area contributed by atoms with Crippen LogP contribution >= 0.6 is 11.6 Å². The molecule has 1 aromatic heterocycles. The van der Waals surface area contributed by atoms with Gasteiger partial charge in [-0.05, 0) is 23.7 Å². The molecule has 2 rings (SSSR count). The zero-order chi connectivity index (χ0) is 11.4. The van der Waals surface area contributed by atoms with E-state index in [-0.39, 0.29) is 0 Å². The molecular formula is C11H13ClN2O2. The van der Waals surface area contributed by atoms with Crippen LogP contribution in [0, 0.1) is 0 Å². The third-order valence-corrected chi connectivity index (χ3v) is 2.69. The number of carbonyl (C=O) groups is 1. The van der Waals surface area contributed by atoms with Gasteiger partial charge in [-0.25, -0.2) is 4.98 Å². The highest BCUT2D eigenvalue weighted by molar-refractivity contribution is 6.67. The molecule has 0 aliphatic carbocycles. The smallest absolute Gasteiger partial charge is 0.270 e. The van der Waals surface area contributed by atoms with Gasteiger partial charge < -0.3 is 4.74 Å². The van der Waals surface area contributed by atoms with Crippen LogP contribution < -0.4 is 0 Å². The largest absolute Gasteiger partial charge is 0.379 e. The molecule has 2 heterocycles. The second kappa shape index (κ2) is 5.39. The van der Waals surface area contributed by atoms with Crippen molar-refractivity contribution in [3.63, 3.8) is 0 Å². The van der Waals surface area contributed by atoms with E-state index >= 15 is 0 Å². The molecule has 1 aromatic rings. The molecule has 0 saturated carbocycles. The van der Waals surface area contributed by atoms with Crippen LogP contribution in [0.3, 0.4) is 0 Å².